The molecule has 1 aromatic rings. The summed E-state index contributed by atoms with van der Waals surface area (Å²) in [5.41, 5.74) is -1.24. The predicted octanol–water partition coefficient (Wildman–Crippen LogP) is 5.45. The normalized spacial score (nSPS) is 20.3. The predicted molar refractivity (Wildman–Crippen MR) is 96.8 cm³/mol. The highest BCUT2D eigenvalue weighted by molar-refractivity contribution is 6.55. The van der Waals surface area contributed by atoms with E-state index in [4.69, 9.17) is 32.7 Å². The van der Waals surface area contributed by atoms with Crippen LogP contribution in [-0.4, -0.2) is 13.1 Å². The minimum absolute atomic E-state index is 0.0379. The topological polar surface area (TPSA) is 35.5 Å². The van der Waals surface area contributed by atoms with Crippen LogP contribution in [0.3, 0.4) is 0 Å². The number of allylic oxidation sites excluding steroid dienone is 1. The van der Waals surface area contributed by atoms with E-state index in [9.17, 15) is 18.0 Å². The third kappa shape index (κ3) is 4.28. The molecule has 0 N–H and O–H groups in total. The molecular formula is C19H21Cl2F3O3. The molecule has 8 heteroatoms. The number of carbonyl (C=O) groups is 1. The van der Waals surface area contributed by atoms with Crippen LogP contribution >= 0.6 is 23.2 Å². The van der Waals surface area contributed by atoms with Crippen molar-refractivity contribution in [3.05, 3.63) is 44.7 Å². The summed E-state index contributed by atoms with van der Waals surface area (Å²) in [4.78, 5) is 12.4. The molecule has 0 amide bonds. The molecular weight excluding hydrogens is 404 g/mol. The van der Waals surface area contributed by atoms with Crippen LogP contribution in [0.1, 0.15) is 37.5 Å². The molecule has 0 aliphatic heterocycles. The molecule has 150 valence electrons. The van der Waals surface area contributed by atoms with Gasteiger partial charge in [0.2, 0.25) is 0 Å². The van der Waals surface area contributed by atoms with E-state index < -0.39 is 53.5 Å². The van der Waals surface area contributed by atoms with E-state index in [2.05, 4.69) is 0 Å². The molecule has 1 aromatic carbocycles. The summed E-state index contributed by atoms with van der Waals surface area (Å²) >= 11 is 11.3. The molecule has 0 aromatic heterocycles. The lowest BCUT2D eigenvalue weighted by Gasteiger charge is -2.15. The van der Waals surface area contributed by atoms with E-state index in [-0.39, 0.29) is 28.0 Å². The monoisotopic (exact) mass is 424 g/mol. The lowest BCUT2D eigenvalue weighted by molar-refractivity contribution is -0.147. The van der Waals surface area contributed by atoms with Crippen LogP contribution in [0.2, 0.25) is 0 Å². The first kappa shape index (κ1) is 22.1. The maximum absolute atomic E-state index is 14.5. The number of rotatable bonds is 7. The van der Waals surface area contributed by atoms with Crippen LogP contribution < -0.4 is 0 Å². The van der Waals surface area contributed by atoms with E-state index in [1.54, 1.807) is 13.0 Å². The number of hydrogen-bond acceptors (Lipinski definition) is 3. The van der Waals surface area contributed by atoms with Gasteiger partial charge in [-0.15, -0.1) is 0 Å². The fourth-order valence-electron chi connectivity index (χ4n) is 3.41. The van der Waals surface area contributed by atoms with Gasteiger partial charge in [0, 0.05) is 12.7 Å². The van der Waals surface area contributed by atoms with Gasteiger partial charge in [-0.1, -0.05) is 44.0 Å². The molecule has 2 rings (SSSR count). The Balaban J connectivity index is 2.24. The number of ether oxygens (including phenoxy) is 2. The summed E-state index contributed by atoms with van der Waals surface area (Å²) in [5, 5.41) is 0. The smallest absolute Gasteiger partial charge is 0.310 e. The zero-order valence-corrected chi connectivity index (χ0v) is 17.0. The number of esters is 1. The van der Waals surface area contributed by atoms with Crippen LogP contribution in [0.5, 0.6) is 0 Å². The number of carbonyl (C=O) groups excluding carboxylic acids is 1. The average molecular weight is 425 g/mol. The van der Waals surface area contributed by atoms with Crippen LogP contribution in [-0.2, 0) is 33.9 Å². The maximum Gasteiger partial charge on any atom is 0.310 e. The SMILES string of the molecule is CCc1c(F)c(COC)c(F)c(F)c1COC(=O)[C@@H]1[C@@H](C=C(Cl)Cl)C1(C)C. The molecule has 0 bridgehead atoms. The van der Waals surface area contributed by atoms with E-state index >= 15 is 0 Å². The zero-order chi connectivity index (χ0) is 20.5. The summed E-state index contributed by atoms with van der Waals surface area (Å²) in [6, 6.07) is 0. The highest BCUT2D eigenvalue weighted by Gasteiger charge is 2.61. The molecule has 0 unspecified atom stereocenters. The van der Waals surface area contributed by atoms with Crippen LogP contribution in [0.15, 0.2) is 10.6 Å². The van der Waals surface area contributed by atoms with Crippen molar-refractivity contribution in [3.8, 4) is 0 Å². The molecule has 0 heterocycles. The first-order valence-electron chi connectivity index (χ1n) is 8.43. The molecule has 1 aliphatic carbocycles. The summed E-state index contributed by atoms with van der Waals surface area (Å²) < 4.78 is 53.1. The number of methoxy groups -OCH3 is 1. The van der Waals surface area contributed by atoms with Gasteiger partial charge in [0.15, 0.2) is 11.6 Å². The minimum Gasteiger partial charge on any atom is -0.460 e. The Morgan fingerprint density at radius 3 is 2.19 bits per heavy atom. The second-order valence-electron chi connectivity index (χ2n) is 7.05. The Bertz CT molecular complexity index is 774. The minimum atomic E-state index is -1.33. The van der Waals surface area contributed by atoms with Crippen molar-refractivity contribution in [1.29, 1.82) is 0 Å². The van der Waals surface area contributed by atoms with Gasteiger partial charge in [-0.05, 0) is 29.4 Å². The van der Waals surface area contributed by atoms with Gasteiger partial charge in [0.25, 0.3) is 0 Å². The summed E-state index contributed by atoms with van der Waals surface area (Å²) in [5.74, 6) is -4.78. The standard InChI is InChI=1S/C19H21Cl2F3O3/c1-5-9-10(16(23)17(24)11(7-26-4)15(9)22)8-27-18(25)14-12(6-13(20)21)19(14,2)3/h6,12,14H,5,7-8H2,1-4H3/t12-,14+/m1/s1. The zero-order valence-electron chi connectivity index (χ0n) is 15.5. The highest BCUT2D eigenvalue weighted by atomic mass is 35.5. The summed E-state index contributed by atoms with van der Waals surface area (Å²) in [6.07, 6.45) is 1.65. The molecule has 3 nitrogen and oxygen atoms in total. The summed E-state index contributed by atoms with van der Waals surface area (Å²) in [6.45, 7) is 4.32. The third-order valence-corrected chi connectivity index (χ3v) is 5.34. The Hall–Kier alpha value is -1.24. The van der Waals surface area contributed by atoms with Gasteiger partial charge < -0.3 is 9.47 Å². The van der Waals surface area contributed by atoms with Gasteiger partial charge in [0.05, 0.1) is 18.1 Å². The molecule has 1 fully saturated rings. The Morgan fingerprint density at radius 1 is 1.07 bits per heavy atom. The number of halogens is 5. The number of benzene rings is 1. The van der Waals surface area contributed by atoms with Crippen molar-refractivity contribution in [2.24, 2.45) is 17.3 Å². The van der Waals surface area contributed by atoms with Gasteiger partial charge in [-0.3, -0.25) is 4.79 Å². The fourth-order valence-corrected chi connectivity index (χ4v) is 3.68. The molecule has 27 heavy (non-hydrogen) atoms. The van der Waals surface area contributed by atoms with Crippen molar-refractivity contribution >= 4 is 29.2 Å². The van der Waals surface area contributed by atoms with Gasteiger partial charge in [0.1, 0.15) is 16.9 Å². The van der Waals surface area contributed by atoms with Gasteiger partial charge in [-0.25, -0.2) is 13.2 Å². The van der Waals surface area contributed by atoms with Crippen molar-refractivity contribution in [3.63, 3.8) is 0 Å². The average Bonchev–Trinajstić information content (AvgIpc) is 3.12. The van der Waals surface area contributed by atoms with Gasteiger partial charge >= 0.3 is 5.97 Å². The van der Waals surface area contributed by atoms with E-state index in [0.29, 0.717) is 0 Å². The first-order chi connectivity index (χ1) is 12.6. The Labute approximate surface area is 166 Å². The third-order valence-electron chi connectivity index (χ3n) is 5.09. The van der Waals surface area contributed by atoms with Crippen LogP contribution in [0.25, 0.3) is 0 Å². The molecule has 1 aliphatic rings. The second kappa shape index (κ2) is 8.41. The second-order valence-corrected chi connectivity index (χ2v) is 8.06. The van der Waals surface area contributed by atoms with Crippen LogP contribution in [0, 0.1) is 34.7 Å². The Morgan fingerprint density at radius 2 is 1.67 bits per heavy atom. The van der Waals surface area contributed by atoms with E-state index in [1.807, 2.05) is 13.8 Å². The lowest BCUT2D eigenvalue weighted by Crippen LogP contribution is -2.15. The Kier molecular flexibility index (Phi) is 6.87. The molecule has 0 radical (unpaired) electrons. The highest BCUT2D eigenvalue weighted by Crippen LogP contribution is 2.60. The maximum atomic E-state index is 14.5. The molecule has 0 saturated heterocycles. The van der Waals surface area contributed by atoms with Crippen LogP contribution in [0.4, 0.5) is 13.2 Å². The largest absolute Gasteiger partial charge is 0.460 e. The molecule has 1 saturated carbocycles. The molecule has 2 atom stereocenters. The first-order valence-corrected chi connectivity index (χ1v) is 9.18. The molecule has 0 spiro atoms. The van der Waals surface area contributed by atoms with Gasteiger partial charge in [-0.2, -0.15) is 0 Å². The fraction of sp³-hybridized carbons (Fsp3) is 0.526. The number of hydrogen-bond donors (Lipinski definition) is 0. The lowest BCUT2D eigenvalue weighted by atomic mass is 10.00. The van der Waals surface area contributed by atoms with E-state index in [0.717, 1.165) is 0 Å². The summed E-state index contributed by atoms with van der Waals surface area (Å²) in [7, 11) is 1.26. The van der Waals surface area contributed by atoms with Crippen molar-refractivity contribution in [1.82, 2.24) is 0 Å². The van der Waals surface area contributed by atoms with Crippen molar-refractivity contribution in [2.75, 3.05) is 7.11 Å². The quantitative estimate of drug-likeness (QED) is 0.431. The van der Waals surface area contributed by atoms with Crippen molar-refractivity contribution < 1.29 is 27.4 Å². The van der Waals surface area contributed by atoms with Crippen molar-refractivity contribution in [2.45, 2.75) is 40.4 Å². The van der Waals surface area contributed by atoms with E-state index in [1.165, 1.54) is 7.11 Å².